The number of H-pyrrole nitrogens is 1. The Labute approximate surface area is 182 Å². The van der Waals surface area contributed by atoms with E-state index in [0.717, 1.165) is 0 Å². The molecule has 2 aromatic rings. The number of nitrogens with two attached hydrogens (primary N) is 1. The second-order valence-electron chi connectivity index (χ2n) is 6.86. The molecule has 0 saturated carbocycles. The number of nitrogen functional groups attached to an aromatic ring is 1. The van der Waals surface area contributed by atoms with Crippen molar-refractivity contribution < 1.29 is 28.4 Å². The van der Waals surface area contributed by atoms with Gasteiger partial charge < -0.3 is 34.7 Å². The molecule has 0 radical (unpaired) electrons. The van der Waals surface area contributed by atoms with Gasteiger partial charge in [0.1, 0.15) is 18.3 Å². The summed E-state index contributed by atoms with van der Waals surface area (Å²) < 4.78 is 23.2. The zero-order chi connectivity index (χ0) is 22.0. The molecule has 2 saturated heterocycles. The first-order valence-corrected chi connectivity index (χ1v) is 11.3. The Kier molecular flexibility index (Phi) is 7.06. The van der Waals surface area contributed by atoms with Crippen LogP contribution in [0, 0.1) is 0 Å². The summed E-state index contributed by atoms with van der Waals surface area (Å²) in [7, 11) is 1.37. The van der Waals surface area contributed by atoms with Crippen molar-refractivity contribution in [2.75, 3.05) is 38.4 Å². The number of ether oxygens (including phenoxy) is 2. The minimum Gasteiger partial charge on any atom is -0.386 e. The van der Waals surface area contributed by atoms with Gasteiger partial charge in [-0.25, -0.2) is 4.98 Å². The van der Waals surface area contributed by atoms with E-state index in [2.05, 4.69) is 20.3 Å². The maximum atomic E-state index is 12.4. The molecular formula is C16H23N6O7PS. The van der Waals surface area contributed by atoms with Gasteiger partial charge in [-0.05, 0) is 0 Å². The lowest BCUT2D eigenvalue weighted by molar-refractivity contribution is -0.120. The van der Waals surface area contributed by atoms with Crippen molar-refractivity contribution in [3.63, 3.8) is 0 Å². The molecule has 0 bridgehead atoms. The molecule has 4 rings (SSSR count). The number of hydrogen-bond donors (Lipinski definition) is 4. The SMILES string of the molecule is COCCNC(=O)CCSc1nc2c(=O)[nH]c(N)nc2n1C1OC2COPOC2C1O. The van der Waals surface area contributed by atoms with Crippen LogP contribution in [0.2, 0.25) is 0 Å². The van der Waals surface area contributed by atoms with Gasteiger partial charge in [-0.15, -0.1) is 0 Å². The third-order valence-corrected chi connectivity index (χ3v) is 6.39. The number of aromatic nitrogens is 4. The van der Waals surface area contributed by atoms with Gasteiger partial charge in [0.2, 0.25) is 11.9 Å². The fourth-order valence-corrected chi connectivity index (χ4v) is 5.00. The summed E-state index contributed by atoms with van der Waals surface area (Å²) in [5, 5.41) is 13.9. The number of fused-ring (bicyclic) bond motifs is 2. The highest BCUT2D eigenvalue weighted by molar-refractivity contribution is 7.99. The minimum atomic E-state index is -1.03. The summed E-state index contributed by atoms with van der Waals surface area (Å²) in [6, 6.07) is 0. The Morgan fingerprint density at radius 1 is 1.52 bits per heavy atom. The number of imidazole rings is 1. The predicted molar refractivity (Wildman–Crippen MR) is 112 cm³/mol. The lowest BCUT2D eigenvalue weighted by Crippen LogP contribution is -2.37. The molecule has 2 aliphatic heterocycles. The van der Waals surface area contributed by atoms with E-state index in [1.807, 2.05) is 0 Å². The van der Waals surface area contributed by atoms with Crippen LogP contribution in [0.4, 0.5) is 5.95 Å². The zero-order valence-electron chi connectivity index (χ0n) is 16.6. The van der Waals surface area contributed by atoms with Gasteiger partial charge in [-0.3, -0.25) is 19.1 Å². The van der Waals surface area contributed by atoms with Crippen molar-refractivity contribution in [1.29, 1.82) is 0 Å². The molecule has 170 valence electrons. The normalized spacial score (nSPS) is 26.4. The molecule has 5 atom stereocenters. The molecule has 31 heavy (non-hydrogen) atoms. The summed E-state index contributed by atoms with van der Waals surface area (Å²) in [5.41, 5.74) is 5.46. The van der Waals surface area contributed by atoms with Gasteiger partial charge in [0, 0.05) is 25.8 Å². The number of carbonyl (C=O) groups excluding carboxylic acids is 1. The average molecular weight is 474 g/mol. The van der Waals surface area contributed by atoms with Gasteiger partial charge >= 0.3 is 0 Å². The molecule has 0 aliphatic carbocycles. The lowest BCUT2D eigenvalue weighted by Gasteiger charge is -2.24. The van der Waals surface area contributed by atoms with E-state index in [1.165, 1.54) is 16.3 Å². The molecule has 0 aromatic carbocycles. The largest absolute Gasteiger partial charge is 0.386 e. The van der Waals surface area contributed by atoms with Crippen LogP contribution in [0.1, 0.15) is 12.6 Å². The van der Waals surface area contributed by atoms with Crippen LogP contribution in [0.3, 0.4) is 0 Å². The number of rotatable bonds is 8. The molecule has 15 heteroatoms. The van der Waals surface area contributed by atoms with E-state index in [9.17, 15) is 14.7 Å². The number of nitrogens with zero attached hydrogens (tertiary/aromatic N) is 3. The number of aliphatic hydroxyl groups is 1. The van der Waals surface area contributed by atoms with E-state index < -0.39 is 30.1 Å². The summed E-state index contributed by atoms with van der Waals surface area (Å²) in [6.45, 7) is 1.13. The molecular weight excluding hydrogens is 451 g/mol. The molecule has 0 spiro atoms. The predicted octanol–water partition coefficient (Wildman–Crippen LogP) is -0.871. The van der Waals surface area contributed by atoms with Crippen molar-refractivity contribution in [3.8, 4) is 0 Å². The van der Waals surface area contributed by atoms with Gasteiger partial charge in [0.15, 0.2) is 31.6 Å². The summed E-state index contributed by atoms with van der Waals surface area (Å²) in [6.07, 6.45) is -2.75. The Morgan fingerprint density at radius 2 is 2.35 bits per heavy atom. The van der Waals surface area contributed by atoms with Crippen molar-refractivity contribution in [3.05, 3.63) is 10.4 Å². The first-order valence-electron chi connectivity index (χ1n) is 9.51. The van der Waals surface area contributed by atoms with Crippen molar-refractivity contribution in [1.82, 2.24) is 24.8 Å². The molecule has 2 aliphatic rings. The molecule has 2 fully saturated rings. The van der Waals surface area contributed by atoms with Crippen molar-refractivity contribution in [2.24, 2.45) is 0 Å². The number of nitrogens with one attached hydrogen (secondary N) is 2. The number of anilines is 1. The van der Waals surface area contributed by atoms with E-state index in [0.29, 0.717) is 24.1 Å². The van der Waals surface area contributed by atoms with Gasteiger partial charge in [-0.1, -0.05) is 11.8 Å². The first-order chi connectivity index (χ1) is 15.0. The minimum absolute atomic E-state index is 0.0611. The maximum Gasteiger partial charge on any atom is 0.280 e. The standard InChI is InChI=1S/C16H23N6O7PS/c1-26-4-3-18-8(23)2-5-31-16-19-9-12(20-15(17)21-13(9)25)22(16)14-10(24)11-7(28-14)6-27-30-29-11/h7,10-11,14,24,30H,2-6H2,1H3,(H,18,23)(H3,17,20,21,25). The second-order valence-corrected chi connectivity index (χ2v) is 8.61. The maximum absolute atomic E-state index is 12.4. The highest BCUT2D eigenvalue weighted by Crippen LogP contribution is 2.41. The van der Waals surface area contributed by atoms with Crippen LogP contribution in [-0.4, -0.2) is 81.5 Å². The lowest BCUT2D eigenvalue weighted by atomic mass is 10.1. The molecule has 4 heterocycles. The van der Waals surface area contributed by atoms with E-state index in [1.54, 1.807) is 7.11 Å². The summed E-state index contributed by atoms with van der Waals surface area (Å²) in [5.74, 6) is 0.160. The molecule has 1 amide bonds. The molecule has 5 unspecified atom stereocenters. The zero-order valence-corrected chi connectivity index (χ0v) is 18.4. The fourth-order valence-electron chi connectivity index (χ4n) is 3.35. The fraction of sp³-hybridized carbons (Fsp3) is 0.625. The monoisotopic (exact) mass is 474 g/mol. The van der Waals surface area contributed by atoms with Gasteiger partial charge in [0.25, 0.3) is 5.56 Å². The van der Waals surface area contributed by atoms with Crippen molar-refractivity contribution in [2.45, 2.75) is 36.1 Å². The van der Waals surface area contributed by atoms with Crippen molar-refractivity contribution >= 4 is 43.8 Å². The van der Waals surface area contributed by atoms with E-state index in [4.69, 9.17) is 24.3 Å². The highest BCUT2D eigenvalue weighted by Gasteiger charge is 2.48. The van der Waals surface area contributed by atoms with Crippen LogP contribution >= 0.6 is 20.8 Å². The summed E-state index contributed by atoms with van der Waals surface area (Å²) >= 11 is 1.24. The van der Waals surface area contributed by atoms with Crippen LogP contribution in [-0.2, 0) is 23.3 Å². The quantitative estimate of drug-likeness (QED) is 0.212. The van der Waals surface area contributed by atoms with E-state index >= 15 is 0 Å². The highest BCUT2D eigenvalue weighted by atomic mass is 32.2. The Hall–Kier alpha value is -1.80. The third-order valence-electron chi connectivity index (χ3n) is 4.78. The Morgan fingerprint density at radius 3 is 3.13 bits per heavy atom. The molecule has 13 nitrogen and oxygen atoms in total. The number of amides is 1. The summed E-state index contributed by atoms with van der Waals surface area (Å²) in [4.78, 5) is 35.3. The average Bonchev–Trinajstić information content (AvgIpc) is 3.26. The number of carbonyl (C=O) groups is 1. The van der Waals surface area contributed by atoms with Crippen LogP contribution in [0.5, 0.6) is 0 Å². The first kappa shape index (κ1) is 22.4. The van der Waals surface area contributed by atoms with Gasteiger partial charge in [-0.2, -0.15) is 4.98 Å². The van der Waals surface area contributed by atoms with Crippen LogP contribution in [0.25, 0.3) is 11.2 Å². The van der Waals surface area contributed by atoms with E-state index in [-0.39, 0.29) is 45.1 Å². The molecule has 5 N–H and O–H groups in total. The smallest absolute Gasteiger partial charge is 0.280 e. The Bertz CT molecular complexity index is 1000. The van der Waals surface area contributed by atoms with Crippen LogP contribution < -0.4 is 16.6 Å². The Balaban J connectivity index is 1.59. The number of aliphatic hydroxyl groups excluding tert-OH is 1. The topological polar surface area (TPSA) is 176 Å². The van der Waals surface area contributed by atoms with Gasteiger partial charge in [0.05, 0.1) is 13.2 Å². The second kappa shape index (κ2) is 9.77. The molecule has 2 aromatic heterocycles. The number of thioether (sulfide) groups is 1. The number of hydrogen-bond acceptors (Lipinski definition) is 11. The number of aromatic amines is 1. The third kappa shape index (κ3) is 4.70. The van der Waals surface area contributed by atoms with Crippen LogP contribution in [0.15, 0.2) is 9.95 Å². The number of methoxy groups -OCH3 is 1.